The summed E-state index contributed by atoms with van der Waals surface area (Å²) in [5.41, 5.74) is 1.83. The average Bonchev–Trinajstić information content (AvgIpc) is 3.34. The number of urea groups is 1. The van der Waals surface area contributed by atoms with E-state index in [1.165, 1.54) is 4.90 Å². The second-order valence-corrected chi connectivity index (χ2v) is 8.58. The van der Waals surface area contributed by atoms with Crippen molar-refractivity contribution in [2.24, 2.45) is 0 Å². The van der Waals surface area contributed by atoms with Crippen molar-refractivity contribution in [1.82, 2.24) is 25.0 Å². The molecule has 10 heteroatoms. The van der Waals surface area contributed by atoms with Crippen LogP contribution < -0.4 is 15.0 Å². The predicted octanol–water partition coefficient (Wildman–Crippen LogP) is 3.18. The van der Waals surface area contributed by atoms with Gasteiger partial charge in [-0.25, -0.2) is 4.79 Å². The summed E-state index contributed by atoms with van der Waals surface area (Å²) in [6.07, 6.45) is -0.557. The third kappa shape index (κ3) is 3.31. The van der Waals surface area contributed by atoms with Crippen molar-refractivity contribution in [2.75, 3.05) is 18.6 Å². The van der Waals surface area contributed by atoms with Gasteiger partial charge < -0.3 is 14.5 Å². The molecule has 0 spiro atoms. The SMILES string of the molecule is CCOc1ccc(-c2nnc3n2C2C(C(=O)NC(=O)N2C)N3Cc2ccc(Br)cc2)cc1. The van der Waals surface area contributed by atoms with Gasteiger partial charge in [0, 0.05) is 23.6 Å². The third-order valence-corrected chi connectivity index (χ3v) is 6.25. The van der Waals surface area contributed by atoms with E-state index in [0.29, 0.717) is 24.9 Å². The Morgan fingerprint density at radius 2 is 1.78 bits per heavy atom. The number of aromatic nitrogens is 3. The highest BCUT2D eigenvalue weighted by Gasteiger charge is 2.52. The van der Waals surface area contributed by atoms with E-state index >= 15 is 0 Å². The molecule has 1 aromatic heterocycles. The number of likely N-dealkylation sites (N-methyl/N-ethyl adjacent to an activating group) is 1. The molecule has 1 N–H and O–H groups in total. The van der Waals surface area contributed by atoms with Crippen LogP contribution in [0.25, 0.3) is 11.4 Å². The fraction of sp³-hybridized carbons (Fsp3) is 0.273. The number of hydrogen-bond acceptors (Lipinski definition) is 6. The highest BCUT2D eigenvalue weighted by molar-refractivity contribution is 9.10. The maximum Gasteiger partial charge on any atom is 0.325 e. The fourth-order valence-corrected chi connectivity index (χ4v) is 4.48. The molecule has 3 heterocycles. The number of anilines is 1. The van der Waals surface area contributed by atoms with Gasteiger partial charge in [-0.1, -0.05) is 28.1 Å². The first-order valence-corrected chi connectivity index (χ1v) is 11.0. The van der Waals surface area contributed by atoms with Crippen LogP contribution in [-0.4, -0.2) is 51.3 Å². The first kappa shape index (κ1) is 20.5. The zero-order chi connectivity index (χ0) is 22.4. The molecule has 2 aliphatic heterocycles. The largest absolute Gasteiger partial charge is 0.494 e. The second-order valence-electron chi connectivity index (χ2n) is 7.67. The minimum atomic E-state index is -0.617. The summed E-state index contributed by atoms with van der Waals surface area (Å²) in [7, 11) is 1.67. The molecule has 2 atom stereocenters. The van der Waals surface area contributed by atoms with Gasteiger partial charge in [-0.3, -0.25) is 14.7 Å². The number of fused-ring (bicyclic) bond motifs is 3. The van der Waals surface area contributed by atoms with Gasteiger partial charge in [-0.15, -0.1) is 10.2 Å². The number of halogens is 1. The van der Waals surface area contributed by atoms with Crippen molar-refractivity contribution in [3.05, 3.63) is 58.6 Å². The number of nitrogens with one attached hydrogen (secondary N) is 1. The van der Waals surface area contributed by atoms with Gasteiger partial charge in [0.05, 0.1) is 6.61 Å². The number of carbonyl (C=O) groups excluding carboxylic acids is 2. The lowest BCUT2D eigenvalue weighted by Gasteiger charge is -2.37. The number of benzene rings is 2. The van der Waals surface area contributed by atoms with E-state index in [1.807, 2.05) is 64.9 Å². The molecule has 2 aromatic carbocycles. The standard InChI is InChI=1S/C22H21BrN6O3/c1-3-32-16-10-6-14(7-11-16)18-25-26-21-28(12-13-4-8-15(23)9-5-13)17-19(30)24-22(31)27(2)20(17)29(18)21/h4-11,17,20H,3,12H2,1-2H3,(H,24,30,31). The molecule has 0 aliphatic carbocycles. The van der Waals surface area contributed by atoms with Crippen molar-refractivity contribution in [1.29, 1.82) is 0 Å². The van der Waals surface area contributed by atoms with Gasteiger partial charge in [0.1, 0.15) is 11.9 Å². The van der Waals surface area contributed by atoms with Crippen molar-refractivity contribution >= 4 is 33.8 Å². The lowest BCUT2D eigenvalue weighted by Crippen LogP contribution is -2.61. The van der Waals surface area contributed by atoms with Crippen LogP contribution in [-0.2, 0) is 11.3 Å². The smallest absolute Gasteiger partial charge is 0.325 e. The second kappa shape index (κ2) is 7.94. The van der Waals surface area contributed by atoms with Crippen LogP contribution in [0.5, 0.6) is 5.75 Å². The normalized spacial score (nSPS) is 19.6. The zero-order valence-corrected chi connectivity index (χ0v) is 19.1. The Labute approximate surface area is 193 Å². The van der Waals surface area contributed by atoms with Crippen LogP contribution in [0, 0.1) is 0 Å². The fourth-order valence-electron chi connectivity index (χ4n) is 4.22. The van der Waals surface area contributed by atoms with Crippen LogP contribution in [0.15, 0.2) is 53.0 Å². The average molecular weight is 497 g/mol. The topological polar surface area (TPSA) is 92.6 Å². The Morgan fingerprint density at radius 3 is 2.47 bits per heavy atom. The van der Waals surface area contributed by atoms with Gasteiger partial charge in [0.25, 0.3) is 5.91 Å². The molecule has 5 rings (SSSR count). The number of ether oxygens (including phenoxy) is 1. The Bertz CT molecular complexity index is 1180. The van der Waals surface area contributed by atoms with Crippen LogP contribution in [0.4, 0.5) is 10.7 Å². The summed E-state index contributed by atoms with van der Waals surface area (Å²) in [5.74, 6) is 1.55. The molecular formula is C22H21BrN6O3. The Morgan fingerprint density at radius 1 is 1.06 bits per heavy atom. The Hall–Kier alpha value is -3.40. The molecular weight excluding hydrogens is 476 g/mol. The van der Waals surface area contributed by atoms with Crippen molar-refractivity contribution in [2.45, 2.75) is 25.7 Å². The van der Waals surface area contributed by atoms with Gasteiger partial charge in [-0.2, -0.15) is 0 Å². The number of rotatable bonds is 5. The maximum absolute atomic E-state index is 12.9. The monoisotopic (exact) mass is 496 g/mol. The van der Waals surface area contributed by atoms with Crippen LogP contribution >= 0.6 is 15.9 Å². The number of amides is 3. The zero-order valence-electron chi connectivity index (χ0n) is 17.5. The summed E-state index contributed by atoms with van der Waals surface area (Å²) >= 11 is 3.45. The summed E-state index contributed by atoms with van der Waals surface area (Å²) in [5, 5.41) is 11.3. The Balaban J connectivity index is 1.59. The molecule has 32 heavy (non-hydrogen) atoms. The minimum Gasteiger partial charge on any atom is -0.494 e. The first-order chi connectivity index (χ1) is 15.5. The van der Waals surface area contributed by atoms with E-state index in [1.54, 1.807) is 7.05 Å². The molecule has 2 aliphatic rings. The molecule has 0 bridgehead atoms. The van der Waals surface area contributed by atoms with E-state index in [2.05, 4.69) is 31.4 Å². The summed E-state index contributed by atoms with van der Waals surface area (Å²) in [6, 6.07) is 14.4. The predicted molar refractivity (Wildman–Crippen MR) is 121 cm³/mol. The molecule has 0 saturated carbocycles. The molecule has 1 saturated heterocycles. The molecule has 164 valence electrons. The van der Waals surface area contributed by atoms with E-state index in [-0.39, 0.29) is 5.91 Å². The number of carbonyl (C=O) groups is 2. The van der Waals surface area contributed by atoms with Crippen molar-refractivity contribution < 1.29 is 14.3 Å². The van der Waals surface area contributed by atoms with Gasteiger partial charge >= 0.3 is 6.03 Å². The quantitative estimate of drug-likeness (QED) is 0.583. The van der Waals surface area contributed by atoms with Gasteiger partial charge in [-0.05, 0) is 48.9 Å². The van der Waals surface area contributed by atoms with Crippen molar-refractivity contribution in [3.63, 3.8) is 0 Å². The summed E-state index contributed by atoms with van der Waals surface area (Å²) in [6.45, 7) is 2.96. The highest BCUT2D eigenvalue weighted by Crippen LogP contribution is 2.41. The number of nitrogens with zero attached hydrogens (tertiary/aromatic N) is 5. The molecule has 3 amide bonds. The van der Waals surface area contributed by atoms with E-state index < -0.39 is 18.2 Å². The number of hydrogen-bond donors (Lipinski definition) is 1. The van der Waals surface area contributed by atoms with E-state index in [0.717, 1.165) is 21.3 Å². The molecule has 1 fully saturated rings. The highest BCUT2D eigenvalue weighted by atomic mass is 79.9. The summed E-state index contributed by atoms with van der Waals surface area (Å²) in [4.78, 5) is 28.8. The maximum atomic E-state index is 12.9. The third-order valence-electron chi connectivity index (χ3n) is 5.72. The lowest BCUT2D eigenvalue weighted by atomic mass is 10.1. The lowest BCUT2D eigenvalue weighted by molar-refractivity contribution is -0.124. The molecule has 2 unspecified atom stereocenters. The summed E-state index contributed by atoms with van der Waals surface area (Å²) < 4.78 is 8.38. The van der Waals surface area contributed by atoms with E-state index in [9.17, 15) is 9.59 Å². The Kier molecular flexibility index (Phi) is 5.09. The van der Waals surface area contributed by atoms with Crippen LogP contribution in [0.2, 0.25) is 0 Å². The minimum absolute atomic E-state index is 0.349. The molecule has 9 nitrogen and oxygen atoms in total. The van der Waals surface area contributed by atoms with Crippen LogP contribution in [0.1, 0.15) is 18.7 Å². The molecule has 0 radical (unpaired) electrons. The van der Waals surface area contributed by atoms with E-state index in [4.69, 9.17) is 4.74 Å². The van der Waals surface area contributed by atoms with Gasteiger partial charge in [0.2, 0.25) is 5.95 Å². The van der Waals surface area contributed by atoms with Crippen molar-refractivity contribution in [3.8, 4) is 17.1 Å². The van der Waals surface area contributed by atoms with Gasteiger partial charge in [0.15, 0.2) is 11.9 Å². The van der Waals surface area contributed by atoms with Crippen LogP contribution in [0.3, 0.4) is 0 Å². The molecule has 3 aromatic rings. The number of imide groups is 1. The first-order valence-electron chi connectivity index (χ1n) is 10.2.